The Labute approximate surface area is 203 Å². The molecule has 2 aliphatic rings. The third-order valence-electron chi connectivity index (χ3n) is 6.61. The number of benzene rings is 2. The number of nitrogens with zero attached hydrogens (tertiary/aromatic N) is 1. The topological polar surface area (TPSA) is 85.3 Å². The molecule has 0 spiro atoms. The maximum Gasteiger partial charge on any atom is 0.295 e. The number of ether oxygens (including phenoxy) is 3. The second-order valence-electron chi connectivity index (χ2n) is 8.43. The van der Waals surface area contributed by atoms with Crippen molar-refractivity contribution in [3.05, 3.63) is 58.1 Å². The lowest BCUT2D eigenvalue weighted by Crippen LogP contribution is -2.40. The Morgan fingerprint density at radius 2 is 1.59 bits per heavy atom. The third kappa shape index (κ3) is 4.09. The van der Waals surface area contributed by atoms with Crippen molar-refractivity contribution in [2.45, 2.75) is 44.2 Å². The van der Waals surface area contributed by atoms with E-state index in [-0.39, 0.29) is 28.7 Å². The fraction of sp³-hybridized carbons (Fsp3) is 0.385. The highest BCUT2D eigenvalue weighted by Crippen LogP contribution is 2.47. The van der Waals surface area contributed by atoms with Crippen LogP contribution in [0.2, 0.25) is 5.02 Å². The number of aliphatic hydroxyl groups is 1. The number of halogens is 1. The zero-order chi connectivity index (χ0) is 24.4. The van der Waals surface area contributed by atoms with Crippen LogP contribution in [0.3, 0.4) is 0 Å². The first-order chi connectivity index (χ1) is 16.4. The number of hydrogen-bond acceptors (Lipinski definition) is 6. The number of hydrogen-bond donors (Lipinski definition) is 1. The molecule has 180 valence electrons. The van der Waals surface area contributed by atoms with Gasteiger partial charge >= 0.3 is 0 Å². The summed E-state index contributed by atoms with van der Waals surface area (Å²) in [6, 6.07) is 9.35. The van der Waals surface area contributed by atoms with E-state index in [1.807, 2.05) is 18.2 Å². The van der Waals surface area contributed by atoms with E-state index in [9.17, 15) is 14.7 Å². The number of Topliss-reactive ketones (excluding diaryl/α,β-unsaturated/α-hetero) is 1. The predicted molar refractivity (Wildman–Crippen MR) is 129 cm³/mol. The number of aliphatic hydroxyl groups excluding tert-OH is 1. The standard InChI is InChI=1S/C26H28ClNO6/c1-32-19-12-8-7-11-16(19)23-22(25(30)26(31)28(23)15-9-5-4-6-10-15)24(29)17-13-21(34-3)18(27)14-20(17)33-2/h7-8,11-15,23,29H,4-6,9-10H2,1-3H3/b24-22+. The molecule has 0 bridgehead atoms. The summed E-state index contributed by atoms with van der Waals surface area (Å²) in [6.45, 7) is 0. The average molecular weight is 486 g/mol. The number of carbonyl (C=O) groups excluding carboxylic acids is 2. The van der Waals surface area contributed by atoms with E-state index in [1.54, 1.807) is 18.1 Å². The molecule has 1 aliphatic heterocycles. The molecule has 7 nitrogen and oxygen atoms in total. The van der Waals surface area contributed by atoms with Crippen molar-refractivity contribution in [2.24, 2.45) is 0 Å². The van der Waals surface area contributed by atoms with E-state index in [4.69, 9.17) is 25.8 Å². The van der Waals surface area contributed by atoms with Gasteiger partial charge < -0.3 is 24.2 Å². The molecule has 1 N–H and O–H groups in total. The highest BCUT2D eigenvalue weighted by molar-refractivity contribution is 6.46. The smallest absolute Gasteiger partial charge is 0.295 e. The molecule has 1 saturated carbocycles. The van der Waals surface area contributed by atoms with Crippen LogP contribution in [-0.4, -0.2) is 49.1 Å². The Morgan fingerprint density at radius 3 is 2.24 bits per heavy atom. The molecule has 0 aromatic heterocycles. The summed E-state index contributed by atoms with van der Waals surface area (Å²) < 4.78 is 16.3. The zero-order valence-corrected chi connectivity index (χ0v) is 20.2. The molecule has 34 heavy (non-hydrogen) atoms. The van der Waals surface area contributed by atoms with Gasteiger partial charge in [-0.25, -0.2) is 0 Å². The highest BCUT2D eigenvalue weighted by atomic mass is 35.5. The van der Waals surface area contributed by atoms with Crippen LogP contribution in [0, 0.1) is 0 Å². The maximum absolute atomic E-state index is 13.4. The van der Waals surface area contributed by atoms with E-state index in [0.717, 1.165) is 32.1 Å². The number of rotatable bonds is 6. The minimum Gasteiger partial charge on any atom is -0.507 e. The van der Waals surface area contributed by atoms with Crippen LogP contribution in [0.25, 0.3) is 5.76 Å². The molecule has 4 rings (SSSR count). The Morgan fingerprint density at radius 1 is 0.941 bits per heavy atom. The molecular formula is C26H28ClNO6. The van der Waals surface area contributed by atoms with Gasteiger partial charge in [0.2, 0.25) is 0 Å². The van der Waals surface area contributed by atoms with Gasteiger partial charge in [-0.1, -0.05) is 49.1 Å². The summed E-state index contributed by atoms with van der Waals surface area (Å²) in [6.07, 6.45) is 4.66. The van der Waals surface area contributed by atoms with Crippen molar-refractivity contribution in [1.29, 1.82) is 0 Å². The first-order valence-electron chi connectivity index (χ1n) is 11.3. The van der Waals surface area contributed by atoms with Gasteiger partial charge in [0, 0.05) is 17.7 Å². The Hall–Kier alpha value is -3.19. The summed E-state index contributed by atoms with van der Waals surface area (Å²) >= 11 is 6.24. The predicted octanol–water partition coefficient (Wildman–Crippen LogP) is 5.12. The Balaban J connectivity index is 1.97. The fourth-order valence-electron chi connectivity index (χ4n) is 4.97. The number of likely N-dealkylation sites (tertiary alicyclic amines) is 1. The largest absolute Gasteiger partial charge is 0.507 e. The molecule has 1 aliphatic carbocycles. The van der Waals surface area contributed by atoms with Gasteiger partial charge in [0.25, 0.3) is 11.7 Å². The lowest BCUT2D eigenvalue weighted by Gasteiger charge is -2.35. The van der Waals surface area contributed by atoms with Crippen molar-refractivity contribution >= 4 is 29.1 Å². The molecule has 2 aromatic rings. The first kappa shape index (κ1) is 24.0. The van der Waals surface area contributed by atoms with E-state index in [0.29, 0.717) is 22.1 Å². The van der Waals surface area contributed by atoms with Crippen molar-refractivity contribution in [2.75, 3.05) is 21.3 Å². The average Bonchev–Trinajstić information content (AvgIpc) is 3.13. The van der Waals surface area contributed by atoms with Gasteiger partial charge in [-0.15, -0.1) is 0 Å². The molecule has 1 atom stereocenters. The van der Waals surface area contributed by atoms with Gasteiger partial charge in [-0.05, 0) is 25.0 Å². The van der Waals surface area contributed by atoms with Crippen molar-refractivity contribution < 1.29 is 28.9 Å². The van der Waals surface area contributed by atoms with Crippen molar-refractivity contribution in [3.8, 4) is 17.2 Å². The minimum atomic E-state index is -0.800. The SMILES string of the molecule is COc1cc(/C(O)=C2\C(=O)C(=O)N(C3CCCCC3)C2c2ccccc2OC)c(OC)cc1Cl. The summed E-state index contributed by atoms with van der Waals surface area (Å²) in [4.78, 5) is 28.4. The summed E-state index contributed by atoms with van der Waals surface area (Å²) in [7, 11) is 4.43. The van der Waals surface area contributed by atoms with Gasteiger partial charge in [-0.2, -0.15) is 0 Å². The molecule has 2 aromatic carbocycles. The Kier molecular flexibility index (Phi) is 7.03. The van der Waals surface area contributed by atoms with Crippen LogP contribution in [-0.2, 0) is 9.59 Å². The molecule has 1 saturated heterocycles. The monoisotopic (exact) mass is 485 g/mol. The second-order valence-corrected chi connectivity index (χ2v) is 8.83. The molecule has 1 amide bonds. The van der Waals surface area contributed by atoms with Gasteiger partial charge in [0.05, 0.1) is 43.5 Å². The summed E-state index contributed by atoms with van der Waals surface area (Å²) in [5.74, 6) is -0.620. The molecule has 8 heteroatoms. The zero-order valence-electron chi connectivity index (χ0n) is 19.5. The van der Waals surface area contributed by atoms with E-state index in [1.165, 1.54) is 26.4 Å². The molecule has 1 heterocycles. The van der Waals surface area contributed by atoms with Crippen molar-refractivity contribution in [3.63, 3.8) is 0 Å². The van der Waals surface area contributed by atoms with Crippen LogP contribution in [0.1, 0.15) is 49.3 Å². The van der Waals surface area contributed by atoms with Crippen LogP contribution in [0.15, 0.2) is 42.0 Å². The second kappa shape index (κ2) is 9.97. The number of para-hydroxylation sites is 1. The van der Waals surface area contributed by atoms with E-state index >= 15 is 0 Å². The quantitative estimate of drug-likeness (QED) is 0.347. The van der Waals surface area contributed by atoms with Gasteiger partial charge in [-0.3, -0.25) is 9.59 Å². The lowest BCUT2D eigenvalue weighted by molar-refractivity contribution is -0.141. The normalized spacial score (nSPS) is 20.5. The maximum atomic E-state index is 13.4. The van der Waals surface area contributed by atoms with Gasteiger partial charge in [0.15, 0.2) is 0 Å². The van der Waals surface area contributed by atoms with Crippen LogP contribution < -0.4 is 14.2 Å². The lowest BCUT2D eigenvalue weighted by atomic mass is 9.90. The number of carbonyl (C=O) groups is 2. The minimum absolute atomic E-state index is 0.0113. The van der Waals surface area contributed by atoms with Crippen LogP contribution >= 0.6 is 11.6 Å². The van der Waals surface area contributed by atoms with E-state index < -0.39 is 17.7 Å². The van der Waals surface area contributed by atoms with E-state index in [2.05, 4.69) is 0 Å². The fourth-order valence-corrected chi connectivity index (χ4v) is 5.20. The Bertz CT molecular complexity index is 1140. The first-order valence-corrected chi connectivity index (χ1v) is 11.7. The number of amides is 1. The molecule has 1 unspecified atom stereocenters. The highest BCUT2D eigenvalue weighted by Gasteiger charge is 2.50. The summed E-state index contributed by atoms with van der Waals surface area (Å²) in [5.41, 5.74) is 0.837. The van der Waals surface area contributed by atoms with Crippen LogP contribution in [0.5, 0.6) is 17.2 Å². The molecular weight excluding hydrogens is 458 g/mol. The third-order valence-corrected chi connectivity index (χ3v) is 6.91. The van der Waals surface area contributed by atoms with Crippen molar-refractivity contribution in [1.82, 2.24) is 4.90 Å². The molecule has 0 radical (unpaired) electrons. The summed E-state index contributed by atoms with van der Waals surface area (Å²) in [5, 5.41) is 11.8. The number of methoxy groups -OCH3 is 3. The molecule has 2 fully saturated rings. The van der Waals surface area contributed by atoms with Crippen LogP contribution in [0.4, 0.5) is 0 Å². The van der Waals surface area contributed by atoms with Gasteiger partial charge in [0.1, 0.15) is 23.0 Å². The number of ketones is 1.